The van der Waals surface area contributed by atoms with Gasteiger partial charge in [-0.15, -0.1) is 12.4 Å². The zero-order valence-corrected chi connectivity index (χ0v) is 25.6. The van der Waals surface area contributed by atoms with Crippen LogP contribution in [0.1, 0.15) is 24.0 Å². The quantitative estimate of drug-likeness (QED) is 0.184. The molecule has 1 aliphatic heterocycles. The van der Waals surface area contributed by atoms with Crippen molar-refractivity contribution >= 4 is 35.1 Å². The van der Waals surface area contributed by atoms with Crippen molar-refractivity contribution in [3.63, 3.8) is 0 Å². The number of anilines is 2. The summed E-state index contributed by atoms with van der Waals surface area (Å²) in [6.07, 6.45) is 3.93. The maximum atomic E-state index is 5.11. The van der Waals surface area contributed by atoms with Crippen LogP contribution in [0.3, 0.4) is 0 Å². The van der Waals surface area contributed by atoms with Gasteiger partial charge in [-0.2, -0.15) is 0 Å². The number of aromatic nitrogens is 4. The summed E-state index contributed by atoms with van der Waals surface area (Å²) < 4.78 is 2.14. The zero-order chi connectivity index (χ0) is 28.2. The maximum absolute atomic E-state index is 5.11. The van der Waals surface area contributed by atoms with E-state index in [1.54, 1.807) is 6.33 Å². The predicted octanol–water partition coefficient (Wildman–Crippen LogP) is 6.56. The van der Waals surface area contributed by atoms with Crippen LogP contribution in [0.5, 0.6) is 0 Å². The Morgan fingerprint density at radius 3 is 2.24 bits per heavy atom. The highest BCUT2D eigenvalue weighted by molar-refractivity contribution is 5.88. The third-order valence-corrected chi connectivity index (χ3v) is 8.34. The summed E-state index contributed by atoms with van der Waals surface area (Å²) in [5.41, 5.74) is 7.94. The smallest absolute Gasteiger partial charge is 0.170 e. The van der Waals surface area contributed by atoms with E-state index in [1.807, 2.05) is 36.4 Å². The van der Waals surface area contributed by atoms with Gasteiger partial charge in [0, 0.05) is 56.7 Å². The number of rotatable bonds is 9. The topological polar surface area (TPSA) is 53.3 Å². The maximum Gasteiger partial charge on any atom is 0.170 e. The van der Waals surface area contributed by atoms with Gasteiger partial charge in [0.15, 0.2) is 17.0 Å². The third kappa shape index (κ3) is 6.13. The summed E-state index contributed by atoms with van der Waals surface area (Å²) in [7, 11) is 2.12. The number of unbranched alkanes of at least 4 members (excludes halogenated alkanes) is 1. The molecule has 2 aromatic heterocycles. The number of hydrogen-bond acceptors (Lipinski definition) is 6. The standard InChI is InChI=1S/C34H39N7.ClH/c1-26-13-12-18-30(27(26)2)40-23-21-39(22-24-40)20-11-10-19-38(3)33-31-34(36-25-35-33)41(29-16-8-5-9-17-29)32(37-31)28-14-6-4-7-15-28;/h4-9,12-18,25H,10-11,19-24H2,1-3H3;1H. The Morgan fingerprint density at radius 2 is 1.50 bits per heavy atom. The van der Waals surface area contributed by atoms with Gasteiger partial charge in [0.2, 0.25) is 0 Å². The minimum atomic E-state index is 0. The number of piperazine rings is 1. The SMILES string of the molecule is Cc1cccc(N2CCN(CCCCN(C)c3ncnc4c3nc(-c3ccccc3)n4-c3ccccc3)CC2)c1C.Cl. The molecule has 0 N–H and O–H groups in total. The Labute approximate surface area is 255 Å². The van der Waals surface area contributed by atoms with Crippen LogP contribution in [0.15, 0.2) is 85.2 Å². The minimum absolute atomic E-state index is 0. The van der Waals surface area contributed by atoms with Crippen molar-refractivity contribution in [2.45, 2.75) is 26.7 Å². The molecule has 8 heteroatoms. The summed E-state index contributed by atoms with van der Waals surface area (Å²) in [5.74, 6) is 1.76. The molecule has 5 aromatic rings. The molecule has 0 amide bonds. The molecule has 0 unspecified atom stereocenters. The second-order valence-electron chi connectivity index (χ2n) is 11.0. The molecule has 0 radical (unpaired) electrons. The molecule has 0 atom stereocenters. The lowest BCUT2D eigenvalue weighted by Gasteiger charge is -2.37. The van der Waals surface area contributed by atoms with Gasteiger partial charge >= 0.3 is 0 Å². The van der Waals surface area contributed by atoms with Crippen LogP contribution in [0.25, 0.3) is 28.2 Å². The van der Waals surface area contributed by atoms with Crippen LogP contribution < -0.4 is 9.80 Å². The van der Waals surface area contributed by atoms with E-state index in [1.165, 1.54) is 16.8 Å². The number of hydrogen-bond donors (Lipinski definition) is 0. The number of nitrogens with zero attached hydrogens (tertiary/aromatic N) is 7. The van der Waals surface area contributed by atoms with Crippen molar-refractivity contribution in [2.75, 3.05) is 56.1 Å². The van der Waals surface area contributed by atoms with Crippen LogP contribution in [-0.4, -0.2) is 70.7 Å². The van der Waals surface area contributed by atoms with Gasteiger partial charge in [0.1, 0.15) is 12.2 Å². The van der Waals surface area contributed by atoms with Crippen molar-refractivity contribution in [2.24, 2.45) is 0 Å². The van der Waals surface area contributed by atoms with Gasteiger partial charge in [-0.05, 0) is 62.6 Å². The van der Waals surface area contributed by atoms with Gasteiger partial charge in [-0.25, -0.2) is 15.0 Å². The first-order chi connectivity index (χ1) is 20.1. The van der Waals surface area contributed by atoms with Crippen molar-refractivity contribution in [3.05, 3.63) is 96.3 Å². The van der Waals surface area contributed by atoms with Crippen molar-refractivity contribution in [1.82, 2.24) is 24.4 Å². The average molecular weight is 582 g/mol. The van der Waals surface area contributed by atoms with Gasteiger partial charge in [0.05, 0.1) is 0 Å². The first-order valence-electron chi connectivity index (χ1n) is 14.7. The van der Waals surface area contributed by atoms with Gasteiger partial charge in [0.25, 0.3) is 0 Å². The van der Waals surface area contributed by atoms with Gasteiger partial charge < -0.3 is 9.80 Å². The molecule has 1 saturated heterocycles. The second kappa shape index (κ2) is 13.4. The predicted molar refractivity (Wildman–Crippen MR) is 176 cm³/mol. The van der Waals surface area contributed by atoms with E-state index in [0.717, 1.165) is 86.2 Å². The number of halogens is 1. The normalized spacial score (nSPS) is 13.7. The first kappa shape index (κ1) is 29.5. The third-order valence-electron chi connectivity index (χ3n) is 8.34. The van der Waals surface area contributed by atoms with Crippen molar-refractivity contribution in [3.8, 4) is 17.1 Å². The van der Waals surface area contributed by atoms with E-state index < -0.39 is 0 Å². The van der Waals surface area contributed by atoms with E-state index >= 15 is 0 Å². The molecule has 1 fully saturated rings. The average Bonchev–Trinajstić information content (AvgIpc) is 3.42. The molecule has 3 aromatic carbocycles. The van der Waals surface area contributed by atoms with Crippen LogP contribution in [-0.2, 0) is 0 Å². The van der Waals surface area contributed by atoms with E-state index in [4.69, 9.17) is 15.0 Å². The highest BCUT2D eigenvalue weighted by Crippen LogP contribution is 2.31. The Morgan fingerprint density at radius 1 is 0.786 bits per heavy atom. The van der Waals surface area contributed by atoms with E-state index in [-0.39, 0.29) is 12.4 Å². The molecule has 0 spiro atoms. The van der Waals surface area contributed by atoms with Crippen LogP contribution in [0.4, 0.5) is 11.5 Å². The van der Waals surface area contributed by atoms with Crippen LogP contribution >= 0.6 is 12.4 Å². The fraction of sp³-hybridized carbons (Fsp3) is 0.324. The highest BCUT2D eigenvalue weighted by Gasteiger charge is 2.21. The summed E-state index contributed by atoms with van der Waals surface area (Å²) in [6.45, 7) is 10.9. The number of para-hydroxylation sites is 1. The molecule has 0 bridgehead atoms. The van der Waals surface area contributed by atoms with E-state index in [0.29, 0.717) is 0 Å². The van der Waals surface area contributed by atoms with Crippen molar-refractivity contribution < 1.29 is 0 Å². The van der Waals surface area contributed by atoms with Crippen molar-refractivity contribution in [1.29, 1.82) is 0 Å². The summed E-state index contributed by atoms with van der Waals surface area (Å²) >= 11 is 0. The highest BCUT2D eigenvalue weighted by atomic mass is 35.5. The molecule has 1 aliphatic rings. The fourth-order valence-electron chi connectivity index (χ4n) is 5.84. The molecule has 0 aliphatic carbocycles. The van der Waals surface area contributed by atoms with Gasteiger partial charge in [-0.1, -0.05) is 60.7 Å². The molecule has 7 nitrogen and oxygen atoms in total. The second-order valence-corrected chi connectivity index (χ2v) is 11.0. The lowest BCUT2D eigenvalue weighted by molar-refractivity contribution is 0.253. The molecule has 218 valence electrons. The minimum Gasteiger partial charge on any atom is -0.369 e. The zero-order valence-electron chi connectivity index (χ0n) is 24.8. The molecule has 0 saturated carbocycles. The summed E-state index contributed by atoms with van der Waals surface area (Å²) in [6, 6.07) is 27.3. The Kier molecular flexibility index (Phi) is 9.40. The number of benzene rings is 3. The molecular formula is C34H40ClN7. The molecule has 3 heterocycles. The summed E-state index contributed by atoms with van der Waals surface area (Å²) in [4.78, 5) is 21.9. The largest absolute Gasteiger partial charge is 0.369 e. The Bertz CT molecular complexity index is 1600. The van der Waals surface area contributed by atoms with Crippen LogP contribution in [0.2, 0.25) is 0 Å². The first-order valence-corrected chi connectivity index (χ1v) is 14.7. The van der Waals surface area contributed by atoms with E-state index in [2.05, 4.69) is 82.6 Å². The molecule has 42 heavy (non-hydrogen) atoms. The van der Waals surface area contributed by atoms with Gasteiger partial charge in [-0.3, -0.25) is 9.47 Å². The van der Waals surface area contributed by atoms with E-state index in [9.17, 15) is 0 Å². The van der Waals surface area contributed by atoms with Crippen LogP contribution in [0, 0.1) is 13.8 Å². The number of imidazole rings is 1. The molecule has 6 rings (SSSR count). The Hall–Kier alpha value is -3.94. The fourth-order valence-corrected chi connectivity index (χ4v) is 5.84. The monoisotopic (exact) mass is 581 g/mol. The lowest BCUT2D eigenvalue weighted by Crippen LogP contribution is -2.47. The summed E-state index contributed by atoms with van der Waals surface area (Å²) in [5, 5.41) is 0. The number of aryl methyl sites for hydroxylation is 1. The number of fused-ring (bicyclic) bond motifs is 1. The Balaban J connectivity index is 0.00000353. The molecular weight excluding hydrogens is 542 g/mol. The lowest BCUT2D eigenvalue weighted by atomic mass is 10.1.